The first kappa shape index (κ1) is 35.0. The van der Waals surface area contributed by atoms with Crippen LogP contribution in [0.1, 0.15) is 45.5 Å². The summed E-state index contributed by atoms with van der Waals surface area (Å²) in [6.45, 7) is 8.00. The molecule has 5 N–H and O–H groups in total. The Morgan fingerprint density at radius 3 is 1.67 bits per heavy atom. The Labute approximate surface area is 243 Å². The Bertz CT molecular complexity index is 1360. The van der Waals surface area contributed by atoms with Crippen LogP contribution >= 0.6 is 0 Å². The highest BCUT2D eigenvalue weighted by atomic mass is 19.4. The molecule has 4 rings (SSSR count). The number of rotatable bonds is 4. The van der Waals surface area contributed by atoms with Crippen molar-refractivity contribution in [3.05, 3.63) is 76.4 Å². The highest BCUT2D eigenvalue weighted by molar-refractivity contribution is 6.05. The van der Waals surface area contributed by atoms with Crippen molar-refractivity contribution in [1.82, 2.24) is 10.6 Å². The summed E-state index contributed by atoms with van der Waals surface area (Å²) in [5, 5.41) is 24.0. The van der Waals surface area contributed by atoms with Gasteiger partial charge < -0.3 is 26.2 Å². The fraction of sp³-hybridized carbons (Fsp3) is 0.345. The fourth-order valence-electron chi connectivity index (χ4n) is 4.17. The molecule has 2 aromatic rings. The Kier molecular flexibility index (Phi) is 12.5. The minimum absolute atomic E-state index is 0.0541. The summed E-state index contributed by atoms with van der Waals surface area (Å²) in [6, 6.07) is 12.3. The van der Waals surface area contributed by atoms with Crippen molar-refractivity contribution < 1.29 is 50.9 Å². The van der Waals surface area contributed by atoms with Crippen LogP contribution in [0.3, 0.4) is 0 Å². The lowest BCUT2D eigenvalue weighted by molar-refractivity contribution is -0.193. The van der Waals surface area contributed by atoms with Crippen LogP contribution < -0.4 is 16.0 Å². The summed E-state index contributed by atoms with van der Waals surface area (Å²) in [7, 11) is 0. The molecule has 2 aliphatic rings. The van der Waals surface area contributed by atoms with E-state index in [2.05, 4.69) is 59.3 Å². The molecule has 14 heteroatoms. The molecule has 0 unspecified atom stereocenters. The number of carbonyl (C=O) groups excluding carboxylic acids is 1. The molecule has 0 saturated carbocycles. The third kappa shape index (κ3) is 11.2. The van der Waals surface area contributed by atoms with Crippen molar-refractivity contribution >= 4 is 34.7 Å². The first-order valence-corrected chi connectivity index (χ1v) is 12.9. The smallest absolute Gasteiger partial charge is 0.475 e. The van der Waals surface area contributed by atoms with Gasteiger partial charge in [-0.25, -0.2) is 9.59 Å². The minimum Gasteiger partial charge on any atom is -0.475 e. The van der Waals surface area contributed by atoms with Crippen LogP contribution in [0.25, 0.3) is 11.1 Å². The largest absolute Gasteiger partial charge is 0.490 e. The van der Waals surface area contributed by atoms with E-state index in [9.17, 15) is 31.1 Å². The van der Waals surface area contributed by atoms with Gasteiger partial charge in [0.05, 0.1) is 0 Å². The number of alkyl halides is 6. The van der Waals surface area contributed by atoms with Gasteiger partial charge in [0, 0.05) is 24.3 Å². The van der Waals surface area contributed by atoms with E-state index in [-0.39, 0.29) is 5.91 Å². The number of aryl methyl sites for hydroxylation is 2. The summed E-state index contributed by atoms with van der Waals surface area (Å²) in [4.78, 5) is 30.7. The van der Waals surface area contributed by atoms with Gasteiger partial charge >= 0.3 is 24.3 Å². The van der Waals surface area contributed by atoms with Gasteiger partial charge in [-0.1, -0.05) is 30.4 Å². The third-order valence-electron chi connectivity index (χ3n) is 6.28. The number of aliphatic carboxylic acids is 2. The number of amides is 1. The lowest BCUT2D eigenvalue weighted by Crippen LogP contribution is -2.21. The van der Waals surface area contributed by atoms with E-state index in [1.54, 1.807) is 0 Å². The Hall–Kier alpha value is -4.17. The van der Waals surface area contributed by atoms with Crippen LogP contribution in [0.4, 0.5) is 32.0 Å². The second kappa shape index (κ2) is 15.3. The normalized spacial score (nSPS) is 15.0. The Morgan fingerprint density at radius 1 is 0.744 bits per heavy atom. The predicted molar refractivity (Wildman–Crippen MR) is 149 cm³/mol. The van der Waals surface area contributed by atoms with Crippen molar-refractivity contribution in [2.24, 2.45) is 0 Å². The van der Waals surface area contributed by atoms with Gasteiger partial charge in [-0.15, -0.1) is 0 Å². The predicted octanol–water partition coefficient (Wildman–Crippen LogP) is 5.58. The van der Waals surface area contributed by atoms with E-state index in [0.29, 0.717) is 0 Å². The number of benzene rings is 2. The van der Waals surface area contributed by atoms with Crippen LogP contribution in [0.2, 0.25) is 0 Å². The maximum atomic E-state index is 12.9. The minimum atomic E-state index is -5.08. The van der Waals surface area contributed by atoms with Crippen LogP contribution in [0, 0.1) is 13.8 Å². The molecule has 2 aliphatic heterocycles. The van der Waals surface area contributed by atoms with Crippen LogP contribution in [0.5, 0.6) is 0 Å². The second-order valence-corrected chi connectivity index (χ2v) is 9.49. The molecule has 0 atom stereocenters. The highest BCUT2D eigenvalue weighted by Gasteiger charge is 2.38. The van der Waals surface area contributed by atoms with Crippen molar-refractivity contribution in [3.8, 4) is 0 Å². The van der Waals surface area contributed by atoms with E-state index in [1.807, 2.05) is 19.1 Å². The number of carboxylic acid groups (broad SMARTS) is 2. The molecule has 0 saturated heterocycles. The average Bonchev–Trinajstić information content (AvgIpc) is 2.93. The second-order valence-electron chi connectivity index (χ2n) is 9.49. The number of nitrogens with one attached hydrogen (secondary N) is 3. The molecule has 2 heterocycles. The molecule has 234 valence electrons. The zero-order chi connectivity index (χ0) is 32.4. The molecule has 0 radical (unpaired) electrons. The molecule has 0 spiro atoms. The third-order valence-corrected chi connectivity index (χ3v) is 6.28. The van der Waals surface area contributed by atoms with Crippen molar-refractivity contribution in [1.29, 1.82) is 0 Å². The van der Waals surface area contributed by atoms with E-state index in [0.717, 1.165) is 55.8 Å². The molecule has 0 fully saturated rings. The quantitative estimate of drug-likeness (QED) is 0.285. The number of hydrogen-bond acceptors (Lipinski definition) is 5. The van der Waals surface area contributed by atoms with Crippen LogP contribution in [0.15, 0.2) is 48.6 Å². The number of anilines is 1. The van der Waals surface area contributed by atoms with E-state index < -0.39 is 24.3 Å². The van der Waals surface area contributed by atoms with E-state index in [1.165, 1.54) is 27.8 Å². The lowest BCUT2D eigenvalue weighted by Gasteiger charge is -2.17. The maximum absolute atomic E-state index is 12.9. The van der Waals surface area contributed by atoms with Crippen LogP contribution in [-0.4, -0.2) is 66.6 Å². The summed E-state index contributed by atoms with van der Waals surface area (Å²) >= 11 is 0. The Morgan fingerprint density at radius 2 is 1.26 bits per heavy atom. The molecule has 0 aromatic heterocycles. The SMILES string of the molecule is Cc1cc(C2=CCNCC2)ccc1C(=O)Nc1ccc(C2=CCNCC2)c(C)c1.O=C(O)C(F)(F)F.O=C(O)C(F)(F)F. The van der Waals surface area contributed by atoms with Crippen molar-refractivity contribution in [2.45, 2.75) is 39.0 Å². The standard InChI is InChI=1S/C25H29N3O.2C2HF3O2/c1-17-15-21(19-7-11-26-12-8-19)3-5-24(17)25(29)28-22-4-6-23(18(2)16-22)20-9-13-27-14-10-20;2*3-2(4,5)1(6)7/h3-7,9,15-16,26-27H,8,10-14H2,1-2H3,(H,28,29);2*(H,6,7). The monoisotopic (exact) mass is 615 g/mol. The summed E-state index contributed by atoms with van der Waals surface area (Å²) in [5.74, 6) is -5.57. The highest BCUT2D eigenvalue weighted by Crippen LogP contribution is 2.27. The number of carbonyl (C=O) groups is 3. The Balaban J connectivity index is 0.000000384. The van der Waals surface area contributed by atoms with Crippen molar-refractivity contribution in [2.75, 3.05) is 31.5 Å². The molecular weight excluding hydrogens is 584 g/mol. The number of hydrogen-bond donors (Lipinski definition) is 5. The van der Waals surface area contributed by atoms with E-state index in [4.69, 9.17) is 19.8 Å². The summed E-state index contributed by atoms with van der Waals surface area (Å²) in [5.41, 5.74) is 9.01. The summed E-state index contributed by atoms with van der Waals surface area (Å²) in [6.07, 6.45) is -3.60. The van der Waals surface area contributed by atoms with Gasteiger partial charge in [0.1, 0.15) is 0 Å². The van der Waals surface area contributed by atoms with Gasteiger partial charge in [0.25, 0.3) is 5.91 Å². The summed E-state index contributed by atoms with van der Waals surface area (Å²) < 4.78 is 63.5. The van der Waals surface area contributed by atoms with Gasteiger partial charge in [0.2, 0.25) is 0 Å². The maximum Gasteiger partial charge on any atom is 0.490 e. The zero-order valence-electron chi connectivity index (χ0n) is 23.2. The zero-order valence-corrected chi connectivity index (χ0v) is 23.2. The topological polar surface area (TPSA) is 128 Å². The lowest BCUT2D eigenvalue weighted by atomic mass is 9.95. The molecule has 0 bridgehead atoms. The fourth-order valence-corrected chi connectivity index (χ4v) is 4.17. The van der Waals surface area contributed by atoms with Crippen LogP contribution in [-0.2, 0) is 9.59 Å². The van der Waals surface area contributed by atoms with Gasteiger partial charge in [-0.05, 0) is 91.4 Å². The van der Waals surface area contributed by atoms with E-state index >= 15 is 0 Å². The average molecular weight is 616 g/mol. The van der Waals surface area contributed by atoms with Gasteiger partial charge in [-0.3, -0.25) is 4.79 Å². The molecule has 43 heavy (non-hydrogen) atoms. The molecule has 1 amide bonds. The number of halogens is 6. The molecular formula is C29H31F6N3O5. The first-order valence-electron chi connectivity index (χ1n) is 12.9. The number of carboxylic acids is 2. The van der Waals surface area contributed by atoms with Gasteiger partial charge in [0.15, 0.2) is 0 Å². The molecule has 0 aliphatic carbocycles. The molecule has 8 nitrogen and oxygen atoms in total. The first-order chi connectivity index (χ1) is 20.0. The van der Waals surface area contributed by atoms with Gasteiger partial charge in [-0.2, -0.15) is 26.3 Å². The van der Waals surface area contributed by atoms with Crippen molar-refractivity contribution in [3.63, 3.8) is 0 Å². The molecule has 2 aromatic carbocycles.